The van der Waals surface area contributed by atoms with Crippen LogP contribution in [0.1, 0.15) is 31.4 Å². The lowest BCUT2D eigenvalue weighted by Gasteiger charge is -2.33. The first kappa shape index (κ1) is 10.0. The minimum atomic E-state index is -0.0987. The van der Waals surface area contributed by atoms with Crippen LogP contribution in [-0.2, 0) is 12.8 Å². The van der Waals surface area contributed by atoms with Gasteiger partial charge >= 0.3 is 0 Å². The van der Waals surface area contributed by atoms with Crippen LogP contribution in [0, 0.1) is 11.3 Å². The van der Waals surface area contributed by atoms with Gasteiger partial charge in [-0.1, -0.05) is 18.2 Å². The smallest absolute Gasteiger partial charge is 0.127 e. The summed E-state index contributed by atoms with van der Waals surface area (Å²) in [6.45, 7) is 4.19. The molecule has 0 atom stereocenters. The van der Waals surface area contributed by atoms with E-state index < -0.39 is 0 Å². The number of benzene rings is 1. The number of hydrogen-bond acceptors (Lipinski definition) is 2. The predicted octanol–water partition coefficient (Wildman–Crippen LogP) is 2.86. The molecule has 1 aliphatic heterocycles. The molecule has 0 bridgehead atoms. The van der Waals surface area contributed by atoms with E-state index in [0.717, 1.165) is 24.2 Å². The SMILES string of the molecule is CC1(C)CCc2cccc(CC#N)c2O1. The van der Waals surface area contributed by atoms with E-state index >= 15 is 0 Å². The summed E-state index contributed by atoms with van der Waals surface area (Å²) < 4.78 is 5.95. The van der Waals surface area contributed by atoms with Crippen molar-refractivity contribution in [3.05, 3.63) is 29.3 Å². The Hall–Kier alpha value is -1.49. The largest absolute Gasteiger partial charge is 0.487 e. The van der Waals surface area contributed by atoms with Gasteiger partial charge in [0.2, 0.25) is 0 Å². The fourth-order valence-electron chi connectivity index (χ4n) is 1.95. The van der Waals surface area contributed by atoms with Crippen molar-refractivity contribution in [3.63, 3.8) is 0 Å². The third kappa shape index (κ3) is 1.97. The lowest BCUT2D eigenvalue weighted by molar-refractivity contribution is 0.0835. The van der Waals surface area contributed by atoms with Crippen LogP contribution in [0.2, 0.25) is 0 Å². The van der Waals surface area contributed by atoms with Crippen LogP contribution in [0.15, 0.2) is 18.2 Å². The highest BCUT2D eigenvalue weighted by Gasteiger charge is 2.27. The maximum Gasteiger partial charge on any atom is 0.127 e. The monoisotopic (exact) mass is 201 g/mol. The summed E-state index contributed by atoms with van der Waals surface area (Å²) in [6, 6.07) is 8.25. The molecule has 0 aromatic heterocycles. The molecule has 2 nitrogen and oxygen atoms in total. The molecular weight excluding hydrogens is 186 g/mol. The molecule has 1 aliphatic rings. The van der Waals surface area contributed by atoms with Gasteiger partial charge in [0.25, 0.3) is 0 Å². The Morgan fingerprint density at radius 3 is 3.00 bits per heavy atom. The highest BCUT2D eigenvalue weighted by atomic mass is 16.5. The summed E-state index contributed by atoms with van der Waals surface area (Å²) >= 11 is 0. The normalized spacial score (nSPS) is 17.4. The molecule has 0 saturated carbocycles. The zero-order valence-corrected chi connectivity index (χ0v) is 9.21. The number of fused-ring (bicyclic) bond motifs is 1. The quantitative estimate of drug-likeness (QED) is 0.700. The van der Waals surface area contributed by atoms with Crippen molar-refractivity contribution in [2.75, 3.05) is 0 Å². The molecular formula is C13H15NO. The van der Waals surface area contributed by atoms with Crippen LogP contribution in [-0.4, -0.2) is 5.60 Å². The number of aryl methyl sites for hydroxylation is 1. The fourth-order valence-corrected chi connectivity index (χ4v) is 1.95. The topological polar surface area (TPSA) is 33.0 Å². The Kier molecular flexibility index (Phi) is 2.40. The van der Waals surface area contributed by atoms with Gasteiger partial charge in [0.15, 0.2) is 0 Å². The second kappa shape index (κ2) is 3.58. The first-order valence-electron chi connectivity index (χ1n) is 5.29. The van der Waals surface area contributed by atoms with Gasteiger partial charge in [-0.05, 0) is 32.3 Å². The van der Waals surface area contributed by atoms with E-state index in [-0.39, 0.29) is 5.60 Å². The molecule has 0 radical (unpaired) electrons. The average Bonchev–Trinajstić information content (AvgIpc) is 2.18. The van der Waals surface area contributed by atoms with Crippen LogP contribution < -0.4 is 4.74 Å². The van der Waals surface area contributed by atoms with E-state index in [1.807, 2.05) is 12.1 Å². The summed E-state index contributed by atoms with van der Waals surface area (Å²) in [5.74, 6) is 0.940. The standard InChI is InChI=1S/C13H15NO/c1-13(2)8-6-10-4-3-5-11(7-9-14)12(10)15-13/h3-5H,6-8H2,1-2H3. The lowest BCUT2D eigenvalue weighted by atomic mass is 9.92. The molecule has 0 aliphatic carbocycles. The third-order valence-corrected chi connectivity index (χ3v) is 2.82. The Labute approximate surface area is 90.5 Å². The number of ether oxygens (including phenoxy) is 1. The van der Waals surface area contributed by atoms with E-state index in [0.29, 0.717) is 6.42 Å². The highest BCUT2D eigenvalue weighted by Crippen LogP contribution is 2.35. The van der Waals surface area contributed by atoms with Gasteiger partial charge in [-0.2, -0.15) is 5.26 Å². The fraction of sp³-hybridized carbons (Fsp3) is 0.462. The van der Waals surface area contributed by atoms with E-state index in [2.05, 4.69) is 26.0 Å². The highest BCUT2D eigenvalue weighted by molar-refractivity contribution is 5.44. The minimum Gasteiger partial charge on any atom is -0.487 e. The minimum absolute atomic E-state index is 0.0987. The van der Waals surface area contributed by atoms with Gasteiger partial charge in [-0.25, -0.2) is 0 Å². The summed E-state index contributed by atoms with van der Waals surface area (Å²) in [7, 11) is 0. The molecule has 1 aromatic carbocycles. The first-order chi connectivity index (χ1) is 7.12. The van der Waals surface area contributed by atoms with Gasteiger partial charge in [0, 0.05) is 5.56 Å². The van der Waals surface area contributed by atoms with Crippen molar-refractivity contribution in [1.82, 2.24) is 0 Å². The number of nitriles is 1. The third-order valence-electron chi connectivity index (χ3n) is 2.82. The maximum atomic E-state index is 8.75. The van der Waals surface area contributed by atoms with Crippen molar-refractivity contribution in [1.29, 1.82) is 5.26 Å². The van der Waals surface area contributed by atoms with Gasteiger partial charge in [0.1, 0.15) is 11.4 Å². The maximum absolute atomic E-state index is 8.75. The predicted molar refractivity (Wildman–Crippen MR) is 58.8 cm³/mol. The Morgan fingerprint density at radius 2 is 2.27 bits per heavy atom. The zero-order chi connectivity index (χ0) is 10.9. The summed E-state index contributed by atoms with van der Waals surface area (Å²) in [4.78, 5) is 0. The molecule has 1 heterocycles. The second-order valence-electron chi connectivity index (χ2n) is 4.60. The number of rotatable bonds is 1. The van der Waals surface area contributed by atoms with Crippen molar-refractivity contribution in [3.8, 4) is 11.8 Å². The van der Waals surface area contributed by atoms with Crippen LogP contribution in [0.25, 0.3) is 0 Å². The Morgan fingerprint density at radius 1 is 1.47 bits per heavy atom. The summed E-state index contributed by atoms with van der Waals surface area (Å²) in [5, 5.41) is 8.75. The van der Waals surface area contributed by atoms with E-state index in [4.69, 9.17) is 10.00 Å². The van der Waals surface area contributed by atoms with Crippen molar-refractivity contribution in [2.45, 2.75) is 38.7 Å². The van der Waals surface area contributed by atoms with Crippen LogP contribution in [0.3, 0.4) is 0 Å². The van der Waals surface area contributed by atoms with Crippen LogP contribution in [0.4, 0.5) is 0 Å². The molecule has 2 heteroatoms. The van der Waals surface area contributed by atoms with Crippen molar-refractivity contribution >= 4 is 0 Å². The lowest BCUT2D eigenvalue weighted by Crippen LogP contribution is -2.33. The van der Waals surface area contributed by atoms with E-state index in [1.54, 1.807) is 0 Å². The van der Waals surface area contributed by atoms with Gasteiger partial charge in [-0.15, -0.1) is 0 Å². The van der Waals surface area contributed by atoms with E-state index in [1.165, 1.54) is 5.56 Å². The molecule has 15 heavy (non-hydrogen) atoms. The zero-order valence-electron chi connectivity index (χ0n) is 9.21. The number of para-hydroxylation sites is 1. The molecule has 78 valence electrons. The van der Waals surface area contributed by atoms with E-state index in [9.17, 15) is 0 Å². The Bertz CT molecular complexity index is 415. The molecule has 0 amide bonds. The molecule has 0 saturated heterocycles. The molecule has 0 unspecified atom stereocenters. The first-order valence-corrected chi connectivity index (χ1v) is 5.29. The molecule has 0 spiro atoms. The molecule has 2 rings (SSSR count). The van der Waals surface area contributed by atoms with Crippen molar-refractivity contribution < 1.29 is 4.74 Å². The van der Waals surface area contributed by atoms with Gasteiger partial charge < -0.3 is 4.74 Å². The molecule has 1 aromatic rings. The number of hydrogen-bond donors (Lipinski definition) is 0. The van der Waals surface area contributed by atoms with Crippen LogP contribution in [0.5, 0.6) is 5.75 Å². The van der Waals surface area contributed by atoms with Crippen molar-refractivity contribution in [2.24, 2.45) is 0 Å². The molecule has 0 fully saturated rings. The molecule has 0 N–H and O–H groups in total. The summed E-state index contributed by atoms with van der Waals surface area (Å²) in [5.41, 5.74) is 2.16. The van der Waals surface area contributed by atoms with Crippen LogP contribution >= 0.6 is 0 Å². The van der Waals surface area contributed by atoms with Gasteiger partial charge in [0.05, 0.1) is 12.5 Å². The number of nitrogens with zero attached hydrogens (tertiary/aromatic N) is 1. The average molecular weight is 201 g/mol. The second-order valence-corrected chi connectivity index (χ2v) is 4.60. The van der Waals surface area contributed by atoms with Gasteiger partial charge in [-0.3, -0.25) is 0 Å². The Balaban J connectivity index is 2.42. The summed E-state index contributed by atoms with van der Waals surface area (Å²) in [6.07, 6.45) is 2.51.